The largest absolute Gasteiger partial charge is 0.395 e. The van der Waals surface area contributed by atoms with Crippen LogP contribution in [0.1, 0.15) is 17.0 Å². The summed E-state index contributed by atoms with van der Waals surface area (Å²) in [4.78, 5) is 0. The van der Waals surface area contributed by atoms with Crippen LogP contribution in [0.4, 0.5) is 0 Å². The van der Waals surface area contributed by atoms with Crippen molar-refractivity contribution in [2.24, 2.45) is 5.41 Å². The average molecular weight is 265 g/mol. The second-order valence-electron chi connectivity index (χ2n) is 4.95. The topological polar surface area (TPSA) is 78.2 Å². The van der Waals surface area contributed by atoms with Gasteiger partial charge in [-0.1, -0.05) is 29.8 Å². The summed E-state index contributed by atoms with van der Waals surface area (Å²) >= 11 is 0. The van der Waals surface area contributed by atoms with E-state index in [2.05, 4.69) is 0 Å². The summed E-state index contributed by atoms with van der Waals surface area (Å²) in [5.74, 6) is -0.428. The van der Waals surface area contributed by atoms with E-state index in [1.54, 1.807) is 0 Å². The Morgan fingerprint density at radius 3 is 2.28 bits per heavy atom. The van der Waals surface area contributed by atoms with Gasteiger partial charge in [-0.3, -0.25) is 0 Å². The lowest BCUT2D eigenvalue weighted by molar-refractivity contribution is 0.242. The molecule has 0 bridgehead atoms. The van der Waals surface area contributed by atoms with E-state index in [1.807, 2.05) is 37.3 Å². The fourth-order valence-corrected chi connectivity index (χ4v) is 4.49. The molecule has 0 unspecified atom stereocenters. The number of nitriles is 1. The minimum absolute atomic E-state index is 0.428. The summed E-state index contributed by atoms with van der Waals surface area (Å²) in [6.07, 6.45) is 1.12. The molecule has 18 heavy (non-hydrogen) atoms. The molecular formula is C13H15NO3S. The van der Waals surface area contributed by atoms with Crippen LogP contribution >= 0.6 is 0 Å². The number of rotatable bonds is 3. The van der Waals surface area contributed by atoms with Crippen molar-refractivity contribution in [3.05, 3.63) is 35.4 Å². The SMILES string of the molecule is Cc1ccc([C@H]2[C@@H](S(C)(=O)=O)[C@@]2(C#N)CO)cc1. The first kappa shape index (κ1) is 13.1. The molecule has 0 radical (unpaired) electrons. The number of nitrogens with zero attached hydrogens (tertiary/aromatic N) is 1. The summed E-state index contributed by atoms with van der Waals surface area (Å²) in [5.41, 5.74) is 0.691. The first-order valence-corrected chi connectivity index (χ1v) is 7.60. The molecule has 0 amide bonds. The van der Waals surface area contributed by atoms with E-state index in [0.717, 1.165) is 17.4 Å². The molecule has 1 N–H and O–H groups in total. The predicted octanol–water partition coefficient (Wildman–Crippen LogP) is 1.01. The van der Waals surface area contributed by atoms with Gasteiger partial charge >= 0.3 is 0 Å². The molecular weight excluding hydrogens is 250 g/mol. The molecule has 1 aliphatic rings. The van der Waals surface area contributed by atoms with Gasteiger partial charge in [0.2, 0.25) is 0 Å². The second kappa shape index (κ2) is 4.08. The number of aryl methyl sites for hydroxylation is 1. The smallest absolute Gasteiger partial charge is 0.152 e. The molecule has 1 saturated carbocycles. The molecule has 1 aromatic carbocycles. The summed E-state index contributed by atoms with van der Waals surface area (Å²) in [5, 5.41) is 17.8. The molecule has 2 rings (SSSR count). The Kier molecular flexibility index (Phi) is 2.96. The van der Waals surface area contributed by atoms with Crippen molar-refractivity contribution in [3.8, 4) is 6.07 Å². The van der Waals surface area contributed by atoms with Crippen molar-refractivity contribution in [2.75, 3.05) is 12.9 Å². The predicted molar refractivity (Wildman–Crippen MR) is 67.7 cm³/mol. The first-order valence-electron chi connectivity index (χ1n) is 5.64. The molecule has 1 aromatic rings. The van der Waals surface area contributed by atoms with Gasteiger partial charge in [-0.05, 0) is 12.5 Å². The van der Waals surface area contributed by atoms with E-state index in [-0.39, 0.29) is 0 Å². The summed E-state index contributed by atoms with van der Waals surface area (Å²) in [6.45, 7) is 1.51. The van der Waals surface area contributed by atoms with Gasteiger partial charge in [-0.25, -0.2) is 8.42 Å². The van der Waals surface area contributed by atoms with E-state index >= 15 is 0 Å². The number of aliphatic hydroxyl groups is 1. The zero-order valence-electron chi connectivity index (χ0n) is 10.3. The average Bonchev–Trinajstić information content (AvgIpc) is 3.00. The molecule has 0 heterocycles. The Bertz CT molecular complexity index is 600. The van der Waals surface area contributed by atoms with Gasteiger partial charge in [0.1, 0.15) is 5.41 Å². The molecule has 3 atom stereocenters. The van der Waals surface area contributed by atoms with Gasteiger partial charge in [0.05, 0.1) is 17.9 Å². The standard InChI is InChI=1S/C13H15NO3S/c1-9-3-5-10(6-4-9)11-12(18(2,16)17)13(11,7-14)8-15/h3-6,11-12,15H,8H2,1-2H3/t11-,12+,13-/m0/s1. The molecule has 0 aromatic heterocycles. The lowest BCUT2D eigenvalue weighted by Gasteiger charge is -2.03. The van der Waals surface area contributed by atoms with Crippen molar-refractivity contribution in [1.82, 2.24) is 0 Å². The summed E-state index contributed by atoms with van der Waals surface area (Å²) in [6, 6.07) is 9.41. The summed E-state index contributed by atoms with van der Waals surface area (Å²) in [7, 11) is -3.35. The quantitative estimate of drug-likeness (QED) is 0.884. The van der Waals surface area contributed by atoms with Gasteiger partial charge < -0.3 is 5.11 Å². The van der Waals surface area contributed by atoms with Crippen LogP contribution in [0, 0.1) is 23.7 Å². The van der Waals surface area contributed by atoms with E-state index in [1.165, 1.54) is 0 Å². The van der Waals surface area contributed by atoms with Crippen LogP contribution in [0.2, 0.25) is 0 Å². The number of aliphatic hydroxyl groups excluding tert-OH is 1. The highest BCUT2D eigenvalue weighted by molar-refractivity contribution is 7.91. The maximum atomic E-state index is 11.7. The normalized spacial score (nSPS) is 30.8. The van der Waals surface area contributed by atoms with Crippen molar-refractivity contribution < 1.29 is 13.5 Å². The number of hydrogen-bond donors (Lipinski definition) is 1. The molecule has 4 nitrogen and oxygen atoms in total. The van der Waals surface area contributed by atoms with Crippen molar-refractivity contribution >= 4 is 9.84 Å². The number of sulfone groups is 1. The third-order valence-corrected chi connectivity index (χ3v) is 5.24. The van der Waals surface area contributed by atoms with E-state index in [0.29, 0.717) is 0 Å². The molecule has 0 aliphatic heterocycles. The van der Waals surface area contributed by atoms with Crippen LogP contribution in [0.5, 0.6) is 0 Å². The third kappa shape index (κ3) is 1.82. The number of benzene rings is 1. The Morgan fingerprint density at radius 2 is 1.94 bits per heavy atom. The minimum Gasteiger partial charge on any atom is -0.395 e. The molecule has 1 fully saturated rings. The highest BCUT2D eigenvalue weighted by atomic mass is 32.2. The minimum atomic E-state index is -3.35. The van der Waals surface area contributed by atoms with Gasteiger partial charge in [-0.2, -0.15) is 5.26 Å². The van der Waals surface area contributed by atoms with Crippen LogP contribution in [0.15, 0.2) is 24.3 Å². The van der Waals surface area contributed by atoms with Crippen LogP contribution in [-0.2, 0) is 9.84 Å². The van der Waals surface area contributed by atoms with Crippen LogP contribution in [0.25, 0.3) is 0 Å². The van der Waals surface area contributed by atoms with Gasteiger partial charge in [0, 0.05) is 12.2 Å². The van der Waals surface area contributed by atoms with Crippen molar-refractivity contribution in [1.29, 1.82) is 5.26 Å². The molecule has 0 spiro atoms. The molecule has 96 valence electrons. The van der Waals surface area contributed by atoms with Gasteiger partial charge in [-0.15, -0.1) is 0 Å². The summed E-state index contributed by atoms with van der Waals surface area (Å²) < 4.78 is 23.4. The molecule has 1 aliphatic carbocycles. The van der Waals surface area contributed by atoms with Crippen molar-refractivity contribution in [2.45, 2.75) is 18.1 Å². The van der Waals surface area contributed by atoms with E-state index in [9.17, 15) is 18.8 Å². The van der Waals surface area contributed by atoms with Crippen LogP contribution in [-0.4, -0.2) is 31.6 Å². The van der Waals surface area contributed by atoms with Gasteiger partial charge in [0.15, 0.2) is 9.84 Å². The Labute approximate surface area is 107 Å². The van der Waals surface area contributed by atoms with Crippen LogP contribution in [0.3, 0.4) is 0 Å². The Balaban J connectivity index is 2.46. The molecule has 5 heteroatoms. The molecule has 0 saturated heterocycles. The lowest BCUT2D eigenvalue weighted by Crippen LogP contribution is -2.16. The third-order valence-electron chi connectivity index (χ3n) is 3.62. The highest BCUT2D eigenvalue weighted by Gasteiger charge is 2.70. The maximum absolute atomic E-state index is 11.7. The second-order valence-corrected chi connectivity index (χ2v) is 7.12. The maximum Gasteiger partial charge on any atom is 0.152 e. The Hall–Kier alpha value is -1.38. The first-order chi connectivity index (χ1) is 8.36. The van der Waals surface area contributed by atoms with Gasteiger partial charge in [0.25, 0.3) is 0 Å². The van der Waals surface area contributed by atoms with E-state index in [4.69, 9.17) is 0 Å². The van der Waals surface area contributed by atoms with E-state index < -0.39 is 33.0 Å². The zero-order valence-corrected chi connectivity index (χ0v) is 11.1. The lowest BCUT2D eigenvalue weighted by atomic mass is 10.0. The van der Waals surface area contributed by atoms with Crippen LogP contribution < -0.4 is 0 Å². The Morgan fingerprint density at radius 1 is 1.39 bits per heavy atom. The zero-order chi connectivity index (χ0) is 13.6. The fraction of sp³-hybridized carbons (Fsp3) is 0.462. The van der Waals surface area contributed by atoms with Crippen molar-refractivity contribution in [3.63, 3.8) is 0 Å². The highest BCUT2D eigenvalue weighted by Crippen LogP contribution is 2.62. The fourth-order valence-electron chi connectivity index (χ4n) is 2.64. The number of hydrogen-bond acceptors (Lipinski definition) is 4. The monoisotopic (exact) mass is 265 g/mol.